The highest BCUT2D eigenvalue weighted by atomic mass is 35.5. The van der Waals surface area contributed by atoms with Gasteiger partial charge in [0.15, 0.2) is 0 Å². The van der Waals surface area contributed by atoms with Gasteiger partial charge >= 0.3 is 6.18 Å². The second-order valence-corrected chi connectivity index (χ2v) is 6.60. The molecule has 0 saturated heterocycles. The van der Waals surface area contributed by atoms with Gasteiger partial charge in [0.1, 0.15) is 0 Å². The van der Waals surface area contributed by atoms with Crippen molar-refractivity contribution < 1.29 is 21.6 Å². The van der Waals surface area contributed by atoms with E-state index in [-0.39, 0.29) is 9.93 Å². The number of alkyl halides is 3. The molecule has 0 bridgehead atoms. The van der Waals surface area contributed by atoms with Gasteiger partial charge in [-0.25, -0.2) is 8.42 Å². The quantitative estimate of drug-likeness (QED) is 0.806. The van der Waals surface area contributed by atoms with E-state index in [1.165, 1.54) is 0 Å². The zero-order valence-electron chi connectivity index (χ0n) is 11.0. The lowest BCUT2D eigenvalue weighted by molar-refractivity contribution is -0.137. The number of sulfone groups is 1. The summed E-state index contributed by atoms with van der Waals surface area (Å²) in [5.41, 5.74) is -0.413. The van der Waals surface area contributed by atoms with Gasteiger partial charge in [0.2, 0.25) is 9.84 Å². The average molecular weight is 347 g/mol. The fourth-order valence-electron chi connectivity index (χ4n) is 1.70. The molecule has 0 saturated carbocycles. The zero-order valence-corrected chi connectivity index (χ0v) is 12.6. The predicted octanol–water partition coefficient (Wildman–Crippen LogP) is 4.72. The Labute approximate surface area is 130 Å². The Hall–Kier alpha value is -1.79. The molecule has 0 aliphatic rings. The van der Waals surface area contributed by atoms with Gasteiger partial charge in [0.25, 0.3) is 0 Å². The summed E-state index contributed by atoms with van der Waals surface area (Å²) in [6, 6.07) is 11.6. The first kappa shape index (κ1) is 16.6. The molecule has 0 unspecified atom stereocenters. The molecule has 0 aromatic heterocycles. The second-order valence-electron chi connectivity index (χ2n) is 4.40. The third kappa shape index (κ3) is 3.90. The number of halogens is 4. The predicted molar refractivity (Wildman–Crippen MR) is 78.9 cm³/mol. The fraction of sp³-hybridized carbons (Fsp3) is 0.0667. The summed E-state index contributed by atoms with van der Waals surface area (Å²) >= 11 is 5.95. The summed E-state index contributed by atoms with van der Waals surface area (Å²) < 4.78 is 61.7. The van der Waals surface area contributed by atoms with Gasteiger partial charge in [-0.05, 0) is 29.8 Å². The molecule has 0 N–H and O–H groups in total. The lowest BCUT2D eigenvalue weighted by atomic mass is 10.2. The summed E-state index contributed by atoms with van der Waals surface area (Å²) in [5, 5.41) is 0.812. The van der Waals surface area contributed by atoms with E-state index >= 15 is 0 Å². The zero-order chi connectivity index (χ0) is 16.4. The molecule has 116 valence electrons. The molecule has 0 heterocycles. The van der Waals surface area contributed by atoms with E-state index in [1.807, 2.05) is 0 Å². The molecule has 2 aromatic carbocycles. The van der Waals surface area contributed by atoms with Crippen LogP contribution >= 0.6 is 11.6 Å². The van der Waals surface area contributed by atoms with E-state index in [9.17, 15) is 21.6 Å². The maximum Gasteiger partial charge on any atom is 0.416 e. The summed E-state index contributed by atoms with van der Waals surface area (Å²) in [6.07, 6.45) is -4.51. The third-order valence-corrected chi connectivity index (χ3v) is 4.75. The molecule has 0 aliphatic heterocycles. The van der Waals surface area contributed by atoms with Gasteiger partial charge in [-0.1, -0.05) is 41.9 Å². The van der Waals surface area contributed by atoms with Crippen LogP contribution in [0.1, 0.15) is 11.1 Å². The molecule has 7 heteroatoms. The monoisotopic (exact) mass is 346 g/mol. The molecule has 0 amide bonds. The average Bonchev–Trinajstić information content (AvgIpc) is 2.47. The molecule has 0 fully saturated rings. The van der Waals surface area contributed by atoms with E-state index in [2.05, 4.69) is 0 Å². The van der Waals surface area contributed by atoms with Crippen LogP contribution in [0, 0.1) is 0 Å². The van der Waals surface area contributed by atoms with Crippen molar-refractivity contribution in [1.82, 2.24) is 0 Å². The number of hydrogen-bond acceptors (Lipinski definition) is 2. The van der Waals surface area contributed by atoms with Crippen LogP contribution < -0.4 is 0 Å². The standard InChI is InChI=1S/C15H10ClF3O2S/c16-14(11-4-2-1-3-5-11)10-22(20,21)13-8-6-12(7-9-13)15(17,18)19/h1-10H/b14-10+. The normalized spacial score (nSPS) is 13.2. The minimum atomic E-state index is -4.51. The van der Waals surface area contributed by atoms with Crippen molar-refractivity contribution in [2.45, 2.75) is 11.1 Å². The first-order valence-corrected chi connectivity index (χ1v) is 7.97. The molecule has 0 atom stereocenters. The van der Waals surface area contributed by atoms with Crippen LogP contribution in [0.3, 0.4) is 0 Å². The molecule has 0 aliphatic carbocycles. The number of benzene rings is 2. The van der Waals surface area contributed by atoms with Gasteiger partial charge in [-0.15, -0.1) is 0 Å². The molecule has 2 aromatic rings. The largest absolute Gasteiger partial charge is 0.416 e. The SMILES string of the molecule is O=S(=O)(/C=C(/Cl)c1ccccc1)c1ccc(C(F)(F)F)cc1. The highest BCUT2D eigenvalue weighted by Crippen LogP contribution is 2.30. The molecular formula is C15H10ClF3O2S. The topological polar surface area (TPSA) is 34.1 Å². The highest BCUT2D eigenvalue weighted by molar-refractivity contribution is 7.94. The van der Waals surface area contributed by atoms with Crippen LogP contribution in [-0.2, 0) is 16.0 Å². The second kappa shape index (κ2) is 6.14. The Kier molecular flexibility index (Phi) is 4.63. The van der Waals surface area contributed by atoms with Crippen molar-refractivity contribution in [3.05, 3.63) is 71.1 Å². The molecule has 0 spiro atoms. The molecule has 22 heavy (non-hydrogen) atoms. The Morgan fingerprint density at radius 3 is 2.00 bits per heavy atom. The third-order valence-electron chi connectivity index (χ3n) is 2.82. The summed E-state index contributed by atoms with van der Waals surface area (Å²) in [5.74, 6) is 0. The minimum Gasteiger partial charge on any atom is -0.219 e. The van der Waals surface area contributed by atoms with Crippen LogP contribution in [0.25, 0.3) is 5.03 Å². The smallest absolute Gasteiger partial charge is 0.219 e. The van der Waals surface area contributed by atoms with E-state index in [4.69, 9.17) is 11.6 Å². The number of hydrogen-bond donors (Lipinski definition) is 0. The van der Waals surface area contributed by atoms with Crippen molar-refractivity contribution in [3.8, 4) is 0 Å². The van der Waals surface area contributed by atoms with Gasteiger partial charge < -0.3 is 0 Å². The Morgan fingerprint density at radius 2 is 1.50 bits per heavy atom. The molecule has 0 radical (unpaired) electrons. The van der Waals surface area contributed by atoms with Gasteiger partial charge in [0, 0.05) is 0 Å². The molecule has 2 rings (SSSR count). The first-order valence-electron chi connectivity index (χ1n) is 6.05. The van der Waals surface area contributed by atoms with Crippen LogP contribution in [-0.4, -0.2) is 8.42 Å². The van der Waals surface area contributed by atoms with Crippen molar-refractivity contribution in [3.63, 3.8) is 0 Å². The number of rotatable bonds is 3. The van der Waals surface area contributed by atoms with Crippen molar-refractivity contribution in [2.75, 3.05) is 0 Å². The highest BCUT2D eigenvalue weighted by Gasteiger charge is 2.30. The van der Waals surface area contributed by atoms with E-state index in [0.29, 0.717) is 5.56 Å². The Bertz CT molecular complexity index is 780. The van der Waals surface area contributed by atoms with Gasteiger partial charge in [0.05, 0.1) is 20.9 Å². The fourth-order valence-corrected chi connectivity index (χ4v) is 3.24. The summed E-state index contributed by atoms with van der Waals surface area (Å²) in [7, 11) is -3.93. The maximum atomic E-state index is 12.5. The van der Waals surface area contributed by atoms with Crippen molar-refractivity contribution in [1.29, 1.82) is 0 Å². The van der Waals surface area contributed by atoms with Crippen molar-refractivity contribution in [2.24, 2.45) is 0 Å². The molecular weight excluding hydrogens is 337 g/mol. The van der Waals surface area contributed by atoms with E-state index in [1.54, 1.807) is 30.3 Å². The lowest BCUT2D eigenvalue weighted by Gasteiger charge is -2.07. The first-order chi connectivity index (χ1) is 10.2. The van der Waals surface area contributed by atoms with Gasteiger partial charge in [-0.2, -0.15) is 13.2 Å². The summed E-state index contributed by atoms with van der Waals surface area (Å²) in [4.78, 5) is -0.255. The van der Waals surface area contributed by atoms with Crippen LogP contribution in [0.15, 0.2) is 64.9 Å². The van der Waals surface area contributed by atoms with Crippen LogP contribution in [0.4, 0.5) is 13.2 Å². The lowest BCUT2D eigenvalue weighted by Crippen LogP contribution is -2.05. The van der Waals surface area contributed by atoms with E-state index < -0.39 is 21.6 Å². The van der Waals surface area contributed by atoms with Crippen LogP contribution in [0.2, 0.25) is 0 Å². The van der Waals surface area contributed by atoms with Crippen molar-refractivity contribution >= 4 is 26.5 Å². The Morgan fingerprint density at radius 1 is 0.955 bits per heavy atom. The van der Waals surface area contributed by atoms with Gasteiger partial charge in [-0.3, -0.25) is 0 Å². The van der Waals surface area contributed by atoms with Crippen LogP contribution in [0.5, 0.6) is 0 Å². The van der Waals surface area contributed by atoms with E-state index in [0.717, 1.165) is 29.7 Å². The molecule has 2 nitrogen and oxygen atoms in total. The maximum absolute atomic E-state index is 12.5. The Balaban J connectivity index is 2.35. The minimum absolute atomic E-state index is 0.0134. The summed E-state index contributed by atoms with van der Waals surface area (Å²) in [6.45, 7) is 0.